The Bertz CT molecular complexity index is 381. The lowest BCUT2D eigenvalue weighted by Gasteiger charge is -2.18. The summed E-state index contributed by atoms with van der Waals surface area (Å²) in [5, 5.41) is 13.7. The second-order valence-corrected chi connectivity index (χ2v) is 5.13. The Morgan fingerprint density at radius 3 is 2.50 bits per heavy atom. The Labute approximate surface area is 117 Å². The number of carboxylic acid groups (broad SMARTS) is 1. The topological polar surface area (TPSA) is 131 Å². The van der Waals surface area contributed by atoms with Gasteiger partial charge in [-0.15, -0.1) is 0 Å². The van der Waals surface area contributed by atoms with Gasteiger partial charge in [0.25, 0.3) is 0 Å². The summed E-state index contributed by atoms with van der Waals surface area (Å²) in [6.07, 6.45) is 2.45. The molecule has 0 unspecified atom stereocenters. The normalized spacial score (nSPS) is 17.1. The first-order valence-corrected chi connectivity index (χ1v) is 6.43. The van der Waals surface area contributed by atoms with Crippen LogP contribution >= 0.6 is 0 Å². The summed E-state index contributed by atoms with van der Waals surface area (Å²) < 4.78 is 5.01. The maximum atomic E-state index is 11.6. The standard InChI is InChI=1S/C12H21N3O5/c1-20-5-4-12(2-3-12)7-14-11(19)15-8(10(17)18)6-9(13)16/h8H,2-7H2,1H3,(H2,13,16)(H,17,18)(H2,14,15,19)/t8-/m1/s1. The Hall–Kier alpha value is -1.83. The number of carbonyl (C=O) groups excluding carboxylic acids is 2. The zero-order valence-corrected chi connectivity index (χ0v) is 11.5. The molecular formula is C12H21N3O5. The fraction of sp³-hybridized carbons (Fsp3) is 0.750. The van der Waals surface area contributed by atoms with Crippen LogP contribution in [0.15, 0.2) is 0 Å². The van der Waals surface area contributed by atoms with Crippen molar-refractivity contribution in [3.63, 3.8) is 0 Å². The molecule has 0 spiro atoms. The monoisotopic (exact) mass is 287 g/mol. The minimum atomic E-state index is -1.30. The number of urea groups is 1. The van der Waals surface area contributed by atoms with Gasteiger partial charge in [0.2, 0.25) is 5.91 Å². The first-order valence-electron chi connectivity index (χ1n) is 6.43. The molecule has 0 aromatic heterocycles. The fourth-order valence-corrected chi connectivity index (χ4v) is 1.89. The predicted octanol–water partition coefficient (Wildman–Crippen LogP) is -0.569. The molecule has 0 heterocycles. The van der Waals surface area contributed by atoms with Crippen LogP contribution in [0.3, 0.4) is 0 Å². The highest BCUT2D eigenvalue weighted by molar-refractivity contribution is 5.87. The molecule has 114 valence electrons. The first-order chi connectivity index (χ1) is 9.38. The Morgan fingerprint density at radius 2 is 2.05 bits per heavy atom. The van der Waals surface area contributed by atoms with Crippen molar-refractivity contribution in [3.8, 4) is 0 Å². The Kier molecular flexibility index (Phi) is 5.75. The molecule has 1 saturated carbocycles. The highest BCUT2D eigenvalue weighted by atomic mass is 16.5. The average molecular weight is 287 g/mol. The van der Waals surface area contributed by atoms with Crippen molar-refractivity contribution in [2.45, 2.75) is 31.7 Å². The van der Waals surface area contributed by atoms with Crippen LogP contribution in [0.25, 0.3) is 0 Å². The van der Waals surface area contributed by atoms with Crippen molar-refractivity contribution in [2.24, 2.45) is 11.1 Å². The van der Waals surface area contributed by atoms with E-state index >= 15 is 0 Å². The summed E-state index contributed by atoms with van der Waals surface area (Å²) in [5.74, 6) is -2.07. The molecule has 0 radical (unpaired) electrons. The van der Waals surface area contributed by atoms with E-state index in [-0.39, 0.29) is 5.41 Å². The summed E-state index contributed by atoms with van der Waals surface area (Å²) >= 11 is 0. The van der Waals surface area contributed by atoms with Crippen LogP contribution in [-0.4, -0.2) is 49.3 Å². The maximum absolute atomic E-state index is 11.6. The number of hydrogen-bond donors (Lipinski definition) is 4. The molecule has 1 aliphatic carbocycles. The van der Waals surface area contributed by atoms with Crippen LogP contribution in [0.2, 0.25) is 0 Å². The number of nitrogens with one attached hydrogen (secondary N) is 2. The molecule has 1 rings (SSSR count). The van der Waals surface area contributed by atoms with E-state index in [9.17, 15) is 14.4 Å². The minimum absolute atomic E-state index is 0.0652. The van der Waals surface area contributed by atoms with Crippen molar-refractivity contribution < 1.29 is 24.2 Å². The van der Waals surface area contributed by atoms with Crippen molar-refractivity contribution in [1.29, 1.82) is 0 Å². The van der Waals surface area contributed by atoms with Gasteiger partial charge in [0.15, 0.2) is 0 Å². The minimum Gasteiger partial charge on any atom is -0.480 e. The number of methoxy groups -OCH3 is 1. The molecule has 0 aromatic carbocycles. The summed E-state index contributed by atoms with van der Waals surface area (Å²) in [4.78, 5) is 33.2. The fourth-order valence-electron chi connectivity index (χ4n) is 1.89. The third-order valence-electron chi connectivity index (χ3n) is 3.43. The van der Waals surface area contributed by atoms with Crippen LogP contribution < -0.4 is 16.4 Å². The second kappa shape index (κ2) is 7.09. The number of primary amides is 1. The van der Waals surface area contributed by atoms with Gasteiger partial charge in [-0.3, -0.25) is 4.79 Å². The molecule has 0 bridgehead atoms. The van der Waals surface area contributed by atoms with E-state index in [2.05, 4.69) is 10.6 Å². The lowest BCUT2D eigenvalue weighted by Crippen LogP contribution is -2.48. The van der Waals surface area contributed by atoms with Gasteiger partial charge in [-0.05, 0) is 24.7 Å². The van der Waals surface area contributed by atoms with Crippen LogP contribution in [0.5, 0.6) is 0 Å². The molecule has 8 nitrogen and oxygen atoms in total. The number of amides is 3. The lowest BCUT2D eigenvalue weighted by molar-refractivity contribution is -0.140. The maximum Gasteiger partial charge on any atom is 0.326 e. The zero-order valence-electron chi connectivity index (χ0n) is 11.5. The summed E-state index contributed by atoms with van der Waals surface area (Å²) in [6, 6.07) is -1.91. The molecule has 3 amide bonds. The average Bonchev–Trinajstić information content (AvgIpc) is 3.13. The van der Waals surface area contributed by atoms with Crippen LogP contribution in [0.1, 0.15) is 25.7 Å². The third kappa shape index (κ3) is 5.43. The largest absolute Gasteiger partial charge is 0.480 e. The summed E-state index contributed by atoms with van der Waals surface area (Å²) in [6.45, 7) is 1.09. The number of carbonyl (C=O) groups is 3. The number of aliphatic carboxylic acids is 1. The van der Waals surface area contributed by atoms with E-state index in [1.165, 1.54) is 0 Å². The van der Waals surface area contributed by atoms with E-state index in [1.54, 1.807) is 7.11 Å². The SMILES string of the molecule is COCCC1(CNC(=O)N[C@H](CC(N)=O)C(=O)O)CC1. The number of hydrogen-bond acceptors (Lipinski definition) is 4. The Morgan fingerprint density at radius 1 is 1.40 bits per heavy atom. The van der Waals surface area contributed by atoms with Crippen LogP contribution in [0, 0.1) is 5.41 Å². The number of rotatable bonds is 9. The number of nitrogens with two attached hydrogens (primary N) is 1. The molecule has 8 heteroatoms. The summed E-state index contributed by atoms with van der Waals surface area (Å²) in [7, 11) is 1.62. The van der Waals surface area contributed by atoms with E-state index in [0.717, 1.165) is 19.3 Å². The Balaban J connectivity index is 2.35. The predicted molar refractivity (Wildman–Crippen MR) is 69.9 cm³/mol. The highest BCUT2D eigenvalue weighted by Gasteiger charge is 2.42. The van der Waals surface area contributed by atoms with Gasteiger partial charge in [-0.2, -0.15) is 0 Å². The zero-order chi connectivity index (χ0) is 15.2. The lowest BCUT2D eigenvalue weighted by atomic mass is 10.0. The van der Waals surface area contributed by atoms with Gasteiger partial charge >= 0.3 is 12.0 Å². The van der Waals surface area contributed by atoms with Gasteiger partial charge < -0.3 is 26.2 Å². The van der Waals surface area contributed by atoms with Crippen molar-refractivity contribution >= 4 is 17.9 Å². The van der Waals surface area contributed by atoms with E-state index in [0.29, 0.717) is 13.2 Å². The van der Waals surface area contributed by atoms with Crippen molar-refractivity contribution in [1.82, 2.24) is 10.6 Å². The molecular weight excluding hydrogens is 266 g/mol. The molecule has 5 N–H and O–H groups in total. The number of ether oxygens (including phenoxy) is 1. The quantitative estimate of drug-likeness (QED) is 0.451. The van der Waals surface area contributed by atoms with Crippen molar-refractivity contribution in [3.05, 3.63) is 0 Å². The van der Waals surface area contributed by atoms with Crippen LogP contribution in [-0.2, 0) is 14.3 Å². The van der Waals surface area contributed by atoms with Gasteiger partial charge in [-0.1, -0.05) is 0 Å². The third-order valence-corrected chi connectivity index (χ3v) is 3.43. The highest BCUT2D eigenvalue weighted by Crippen LogP contribution is 2.48. The van der Waals surface area contributed by atoms with Gasteiger partial charge in [0.05, 0.1) is 6.42 Å². The molecule has 1 fully saturated rings. The smallest absolute Gasteiger partial charge is 0.326 e. The molecule has 20 heavy (non-hydrogen) atoms. The molecule has 1 aliphatic rings. The van der Waals surface area contributed by atoms with E-state index < -0.39 is 30.4 Å². The van der Waals surface area contributed by atoms with E-state index in [1.807, 2.05) is 0 Å². The second-order valence-electron chi connectivity index (χ2n) is 5.13. The first kappa shape index (κ1) is 16.2. The van der Waals surface area contributed by atoms with E-state index in [4.69, 9.17) is 15.6 Å². The van der Waals surface area contributed by atoms with Crippen LogP contribution in [0.4, 0.5) is 4.79 Å². The van der Waals surface area contributed by atoms with Gasteiger partial charge in [0.1, 0.15) is 6.04 Å². The van der Waals surface area contributed by atoms with Gasteiger partial charge in [-0.25, -0.2) is 9.59 Å². The molecule has 0 aromatic rings. The summed E-state index contributed by atoms with van der Waals surface area (Å²) in [5.41, 5.74) is 4.99. The number of carboxylic acids is 1. The van der Waals surface area contributed by atoms with Gasteiger partial charge in [0, 0.05) is 20.3 Å². The molecule has 0 saturated heterocycles. The molecule has 1 atom stereocenters. The molecule has 0 aliphatic heterocycles. The van der Waals surface area contributed by atoms with Crippen molar-refractivity contribution in [2.75, 3.05) is 20.3 Å².